The lowest BCUT2D eigenvalue weighted by molar-refractivity contribution is -0.122. The molecule has 2 aromatic rings. The monoisotopic (exact) mass is 284 g/mol. The normalized spacial score (nSPS) is 11.7. The Bertz CT molecular complexity index is 608. The van der Waals surface area contributed by atoms with E-state index in [0.29, 0.717) is 23.5 Å². The molecular weight excluding hydrogens is 264 g/mol. The van der Waals surface area contributed by atoms with Crippen LogP contribution in [-0.2, 0) is 4.79 Å². The molecule has 0 aliphatic rings. The molecule has 2 rings (SSSR count). The van der Waals surface area contributed by atoms with Crippen molar-refractivity contribution in [2.75, 3.05) is 11.1 Å². The van der Waals surface area contributed by atoms with Crippen molar-refractivity contribution in [1.82, 2.24) is 0 Å². The summed E-state index contributed by atoms with van der Waals surface area (Å²) in [4.78, 5) is 12.2. The lowest BCUT2D eigenvalue weighted by atomic mass is 10.2. The number of nitrogens with one attached hydrogen (secondary N) is 1. The molecule has 3 N–H and O–H groups in total. The number of benzene rings is 2. The minimum absolute atomic E-state index is 0.177. The average Bonchev–Trinajstić information content (AvgIpc) is 2.46. The summed E-state index contributed by atoms with van der Waals surface area (Å²) < 4.78 is 5.74. The molecule has 0 aromatic heterocycles. The lowest BCUT2D eigenvalue weighted by Crippen LogP contribution is -2.32. The van der Waals surface area contributed by atoms with Gasteiger partial charge in [0.15, 0.2) is 6.10 Å². The fraction of sp³-hybridized carbons (Fsp3) is 0.235. The van der Waals surface area contributed by atoms with Crippen molar-refractivity contribution >= 4 is 17.3 Å². The third kappa shape index (κ3) is 4.24. The Kier molecular flexibility index (Phi) is 4.82. The van der Waals surface area contributed by atoms with Crippen molar-refractivity contribution in [3.63, 3.8) is 0 Å². The standard InChI is InChI=1S/C17H20N2O2/c1-3-16(21-15-9-7-12(2)8-10-15)17(20)19-14-6-4-5-13(18)11-14/h4-11,16H,3,18H2,1-2H3,(H,19,20)/t16-/m1/s1. The predicted octanol–water partition coefficient (Wildman–Crippen LogP) is 3.37. The van der Waals surface area contributed by atoms with Gasteiger partial charge in [-0.1, -0.05) is 30.7 Å². The van der Waals surface area contributed by atoms with Gasteiger partial charge in [0.25, 0.3) is 5.91 Å². The molecule has 0 aliphatic carbocycles. The van der Waals surface area contributed by atoms with Gasteiger partial charge in [0.2, 0.25) is 0 Å². The van der Waals surface area contributed by atoms with Crippen molar-refractivity contribution < 1.29 is 9.53 Å². The first-order chi connectivity index (χ1) is 10.1. The highest BCUT2D eigenvalue weighted by atomic mass is 16.5. The summed E-state index contributed by atoms with van der Waals surface area (Å²) >= 11 is 0. The van der Waals surface area contributed by atoms with Crippen LogP contribution < -0.4 is 15.8 Å². The zero-order valence-electron chi connectivity index (χ0n) is 12.3. The first-order valence-electron chi connectivity index (χ1n) is 6.98. The van der Waals surface area contributed by atoms with E-state index in [1.54, 1.807) is 24.3 Å². The second-order valence-electron chi connectivity index (χ2n) is 4.94. The fourth-order valence-corrected chi connectivity index (χ4v) is 1.94. The van der Waals surface area contributed by atoms with E-state index in [-0.39, 0.29) is 5.91 Å². The maximum atomic E-state index is 12.2. The highest BCUT2D eigenvalue weighted by molar-refractivity contribution is 5.94. The molecular formula is C17H20N2O2. The Labute approximate surface area is 124 Å². The largest absolute Gasteiger partial charge is 0.481 e. The van der Waals surface area contributed by atoms with E-state index < -0.39 is 6.10 Å². The predicted molar refractivity (Wildman–Crippen MR) is 85.4 cm³/mol. The van der Waals surface area contributed by atoms with E-state index >= 15 is 0 Å². The number of hydrogen-bond donors (Lipinski definition) is 2. The Morgan fingerprint density at radius 2 is 1.95 bits per heavy atom. The smallest absolute Gasteiger partial charge is 0.265 e. The van der Waals surface area contributed by atoms with Gasteiger partial charge in [0, 0.05) is 11.4 Å². The van der Waals surface area contributed by atoms with Crippen LogP contribution in [0.1, 0.15) is 18.9 Å². The van der Waals surface area contributed by atoms with Crippen LogP contribution in [0.4, 0.5) is 11.4 Å². The van der Waals surface area contributed by atoms with Crippen LogP contribution in [0.5, 0.6) is 5.75 Å². The molecule has 0 saturated carbocycles. The van der Waals surface area contributed by atoms with Crippen LogP contribution >= 0.6 is 0 Å². The quantitative estimate of drug-likeness (QED) is 0.827. The molecule has 0 aliphatic heterocycles. The molecule has 21 heavy (non-hydrogen) atoms. The minimum Gasteiger partial charge on any atom is -0.481 e. The number of amides is 1. The minimum atomic E-state index is -0.533. The van der Waals surface area contributed by atoms with Gasteiger partial charge in [-0.05, 0) is 43.7 Å². The number of nitrogen functional groups attached to an aromatic ring is 1. The Morgan fingerprint density at radius 1 is 1.24 bits per heavy atom. The maximum absolute atomic E-state index is 12.2. The Morgan fingerprint density at radius 3 is 2.57 bits per heavy atom. The van der Waals surface area contributed by atoms with Crippen LogP contribution in [0.25, 0.3) is 0 Å². The summed E-state index contributed by atoms with van der Waals surface area (Å²) in [6, 6.07) is 14.7. The molecule has 4 heteroatoms. The Balaban J connectivity index is 2.03. The van der Waals surface area contributed by atoms with Crippen molar-refractivity contribution in [1.29, 1.82) is 0 Å². The highest BCUT2D eigenvalue weighted by Gasteiger charge is 2.18. The van der Waals surface area contributed by atoms with Gasteiger partial charge in [-0.3, -0.25) is 4.79 Å². The summed E-state index contributed by atoms with van der Waals surface area (Å²) in [6.45, 7) is 3.92. The number of hydrogen-bond acceptors (Lipinski definition) is 3. The number of carbonyl (C=O) groups excluding carboxylic acids is 1. The average molecular weight is 284 g/mol. The van der Waals surface area contributed by atoms with Crippen molar-refractivity contribution in [3.8, 4) is 5.75 Å². The number of nitrogens with two attached hydrogens (primary N) is 1. The van der Waals surface area contributed by atoms with E-state index in [1.807, 2.05) is 38.1 Å². The molecule has 0 saturated heterocycles. The zero-order valence-corrected chi connectivity index (χ0v) is 12.3. The molecule has 0 fully saturated rings. The molecule has 0 radical (unpaired) electrons. The second kappa shape index (κ2) is 6.79. The van der Waals surface area contributed by atoms with Gasteiger partial charge in [-0.25, -0.2) is 0 Å². The van der Waals surface area contributed by atoms with Gasteiger partial charge in [-0.2, -0.15) is 0 Å². The number of carbonyl (C=O) groups is 1. The summed E-state index contributed by atoms with van der Waals surface area (Å²) in [5.74, 6) is 0.513. The molecule has 4 nitrogen and oxygen atoms in total. The first-order valence-corrected chi connectivity index (χ1v) is 6.98. The van der Waals surface area contributed by atoms with Crippen LogP contribution in [0, 0.1) is 6.92 Å². The van der Waals surface area contributed by atoms with E-state index in [9.17, 15) is 4.79 Å². The van der Waals surface area contributed by atoms with Gasteiger partial charge >= 0.3 is 0 Å². The third-order valence-corrected chi connectivity index (χ3v) is 3.12. The van der Waals surface area contributed by atoms with Gasteiger partial charge in [-0.15, -0.1) is 0 Å². The third-order valence-electron chi connectivity index (χ3n) is 3.12. The number of rotatable bonds is 5. The van der Waals surface area contributed by atoms with Gasteiger partial charge in [0.1, 0.15) is 5.75 Å². The molecule has 1 amide bonds. The highest BCUT2D eigenvalue weighted by Crippen LogP contribution is 2.17. The summed E-state index contributed by atoms with van der Waals surface area (Å²) in [7, 11) is 0. The van der Waals surface area contributed by atoms with Gasteiger partial charge < -0.3 is 15.8 Å². The first kappa shape index (κ1) is 14.9. The van der Waals surface area contributed by atoms with Crippen LogP contribution in [0.3, 0.4) is 0 Å². The molecule has 1 atom stereocenters. The maximum Gasteiger partial charge on any atom is 0.265 e. The van der Waals surface area contributed by atoms with E-state index in [0.717, 1.165) is 5.56 Å². The van der Waals surface area contributed by atoms with Crippen LogP contribution in [0.2, 0.25) is 0 Å². The fourth-order valence-electron chi connectivity index (χ4n) is 1.94. The van der Waals surface area contributed by atoms with Crippen molar-refractivity contribution in [2.45, 2.75) is 26.4 Å². The molecule has 2 aromatic carbocycles. The second-order valence-corrected chi connectivity index (χ2v) is 4.94. The van der Waals surface area contributed by atoms with Crippen LogP contribution in [0.15, 0.2) is 48.5 Å². The van der Waals surface area contributed by atoms with E-state index in [4.69, 9.17) is 10.5 Å². The summed E-state index contributed by atoms with van der Waals surface area (Å²) in [5, 5.41) is 2.82. The number of anilines is 2. The topological polar surface area (TPSA) is 64.3 Å². The molecule has 110 valence electrons. The van der Waals surface area contributed by atoms with E-state index in [1.165, 1.54) is 0 Å². The molecule has 0 spiro atoms. The summed E-state index contributed by atoms with van der Waals surface area (Å²) in [6.07, 6.45) is 0.0521. The van der Waals surface area contributed by atoms with Crippen molar-refractivity contribution in [2.24, 2.45) is 0 Å². The van der Waals surface area contributed by atoms with Crippen molar-refractivity contribution in [3.05, 3.63) is 54.1 Å². The zero-order chi connectivity index (χ0) is 15.2. The Hall–Kier alpha value is -2.49. The SMILES string of the molecule is CC[C@@H](Oc1ccc(C)cc1)C(=O)Nc1cccc(N)c1. The molecule has 0 heterocycles. The number of ether oxygens (including phenoxy) is 1. The van der Waals surface area contributed by atoms with Crippen LogP contribution in [-0.4, -0.2) is 12.0 Å². The lowest BCUT2D eigenvalue weighted by Gasteiger charge is -2.17. The molecule has 0 unspecified atom stereocenters. The van der Waals surface area contributed by atoms with Gasteiger partial charge in [0.05, 0.1) is 0 Å². The number of aryl methyl sites for hydroxylation is 1. The van der Waals surface area contributed by atoms with E-state index in [2.05, 4.69) is 5.32 Å². The summed E-state index contributed by atoms with van der Waals surface area (Å²) in [5.41, 5.74) is 8.13. The molecule has 0 bridgehead atoms.